The molecule has 1 atom stereocenters. The molecular weight excluding hydrogens is 290 g/mol. The van der Waals surface area contributed by atoms with Crippen LogP contribution in [0, 0.1) is 0 Å². The number of nitrogens with two attached hydrogens (primary N) is 1. The van der Waals surface area contributed by atoms with E-state index in [4.69, 9.17) is 10.5 Å². The van der Waals surface area contributed by atoms with Crippen molar-refractivity contribution >= 4 is 18.3 Å². The van der Waals surface area contributed by atoms with Crippen LogP contribution < -0.4 is 11.1 Å². The molecule has 3 N–H and O–H groups in total. The van der Waals surface area contributed by atoms with Gasteiger partial charge < -0.3 is 15.8 Å². The first-order chi connectivity index (χ1) is 9.03. The molecule has 1 aliphatic rings. The molecule has 0 aromatic heterocycles. The van der Waals surface area contributed by atoms with E-state index in [0.717, 1.165) is 17.5 Å². The van der Waals surface area contributed by atoms with Gasteiger partial charge >= 0.3 is 0 Å². The number of carbonyl (C=O) groups is 1. The van der Waals surface area contributed by atoms with Crippen LogP contribution in [-0.4, -0.2) is 31.5 Å². The predicted octanol–water partition coefficient (Wildman–Crippen LogP) is 1.43. The van der Waals surface area contributed by atoms with Crippen LogP contribution >= 0.6 is 12.4 Å². The van der Waals surface area contributed by atoms with Crippen molar-refractivity contribution in [2.24, 2.45) is 5.73 Å². The molecule has 1 aliphatic heterocycles. The van der Waals surface area contributed by atoms with E-state index in [1.54, 1.807) is 12.1 Å². The Bertz CT molecular complexity index is 471. The number of nitrogens with one attached hydrogen (secondary N) is 1. The number of hydrogen-bond donors (Lipinski definition) is 2. The van der Waals surface area contributed by atoms with Gasteiger partial charge in [0.25, 0.3) is 11.8 Å². The summed E-state index contributed by atoms with van der Waals surface area (Å²) in [5.74, 6) is -3.65. The molecule has 1 amide bonds. The number of fused-ring (bicyclic) bond motifs is 1. The summed E-state index contributed by atoms with van der Waals surface area (Å²) in [4.78, 5) is 11.9. The summed E-state index contributed by atoms with van der Waals surface area (Å²) < 4.78 is 31.4. The highest BCUT2D eigenvalue weighted by molar-refractivity contribution is 5.85. The van der Waals surface area contributed by atoms with Crippen molar-refractivity contribution in [3.63, 3.8) is 0 Å². The minimum absolute atomic E-state index is 0. The summed E-state index contributed by atoms with van der Waals surface area (Å²) >= 11 is 0. The van der Waals surface area contributed by atoms with Crippen molar-refractivity contribution in [3.05, 3.63) is 35.4 Å². The van der Waals surface area contributed by atoms with Crippen molar-refractivity contribution in [3.8, 4) is 0 Å². The zero-order valence-electron chi connectivity index (χ0n) is 10.8. The Morgan fingerprint density at radius 1 is 1.45 bits per heavy atom. The van der Waals surface area contributed by atoms with Crippen LogP contribution in [0.4, 0.5) is 8.78 Å². The van der Waals surface area contributed by atoms with Crippen molar-refractivity contribution in [1.82, 2.24) is 5.32 Å². The molecule has 112 valence electrons. The topological polar surface area (TPSA) is 64.3 Å². The summed E-state index contributed by atoms with van der Waals surface area (Å²) in [6.07, 6.45) is -0.0997. The predicted molar refractivity (Wildman–Crippen MR) is 73.1 cm³/mol. The van der Waals surface area contributed by atoms with E-state index in [2.05, 4.69) is 5.32 Å². The Kier molecular flexibility index (Phi) is 5.86. The van der Waals surface area contributed by atoms with E-state index in [0.29, 0.717) is 6.61 Å². The van der Waals surface area contributed by atoms with Gasteiger partial charge in [0.1, 0.15) is 0 Å². The highest BCUT2D eigenvalue weighted by Gasteiger charge is 2.31. The third-order valence-corrected chi connectivity index (χ3v) is 3.05. The molecule has 1 aromatic carbocycles. The molecule has 0 saturated carbocycles. The maximum Gasteiger partial charge on any atom is 0.277 e. The molecule has 20 heavy (non-hydrogen) atoms. The van der Waals surface area contributed by atoms with Crippen molar-refractivity contribution < 1.29 is 18.3 Å². The number of rotatable bonds is 4. The SMILES string of the molecule is Cl.NCC(F)(F)CNC(=O)C1OCCc2ccccc21. The van der Waals surface area contributed by atoms with Gasteiger partial charge in [0, 0.05) is 0 Å². The molecule has 7 heteroatoms. The zero-order valence-corrected chi connectivity index (χ0v) is 11.6. The molecule has 1 unspecified atom stereocenters. The fraction of sp³-hybridized carbons (Fsp3) is 0.462. The summed E-state index contributed by atoms with van der Waals surface area (Å²) in [5.41, 5.74) is 6.67. The van der Waals surface area contributed by atoms with Gasteiger partial charge in [-0.15, -0.1) is 12.4 Å². The van der Waals surface area contributed by atoms with Crippen molar-refractivity contribution in [1.29, 1.82) is 0 Å². The van der Waals surface area contributed by atoms with Gasteiger partial charge in [-0.3, -0.25) is 4.79 Å². The Morgan fingerprint density at radius 3 is 2.85 bits per heavy atom. The first kappa shape index (κ1) is 16.8. The van der Waals surface area contributed by atoms with Gasteiger partial charge in [0.15, 0.2) is 6.10 Å². The molecule has 0 spiro atoms. The second-order valence-electron chi connectivity index (χ2n) is 4.48. The monoisotopic (exact) mass is 306 g/mol. The van der Waals surface area contributed by atoms with Crippen LogP contribution in [-0.2, 0) is 16.0 Å². The van der Waals surface area contributed by atoms with E-state index >= 15 is 0 Å². The molecule has 4 nitrogen and oxygen atoms in total. The lowest BCUT2D eigenvalue weighted by molar-refractivity contribution is -0.135. The van der Waals surface area contributed by atoms with E-state index in [9.17, 15) is 13.6 Å². The summed E-state index contributed by atoms with van der Waals surface area (Å²) in [6, 6.07) is 7.36. The summed E-state index contributed by atoms with van der Waals surface area (Å²) in [5, 5.41) is 2.19. The fourth-order valence-corrected chi connectivity index (χ4v) is 1.99. The van der Waals surface area contributed by atoms with E-state index in [1.165, 1.54) is 0 Å². The average Bonchev–Trinajstić information content (AvgIpc) is 2.44. The van der Waals surface area contributed by atoms with Crippen LogP contribution in [0.25, 0.3) is 0 Å². The molecule has 0 saturated heterocycles. The summed E-state index contributed by atoms with van der Waals surface area (Å²) in [6.45, 7) is -1.16. The van der Waals surface area contributed by atoms with Crippen molar-refractivity contribution in [2.75, 3.05) is 19.7 Å². The number of halogens is 3. The van der Waals surface area contributed by atoms with Crippen LogP contribution in [0.2, 0.25) is 0 Å². The first-order valence-corrected chi connectivity index (χ1v) is 6.08. The maximum atomic E-state index is 13.0. The Morgan fingerprint density at radius 2 is 2.15 bits per heavy atom. The fourth-order valence-electron chi connectivity index (χ4n) is 1.99. The lowest BCUT2D eigenvalue weighted by Gasteiger charge is -2.26. The number of carbonyl (C=O) groups excluding carboxylic acids is 1. The number of alkyl halides is 2. The molecule has 1 heterocycles. The molecule has 2 rings (SSSR count). The third-order valence-electron chi connectivity index (χ3n) is 3.05. The zero-order chi connectivity index (χ0) is 13.9. The Hall–Kier alpha value is -1.24. The molecule has 1 aromatic rings. The lowest BCUT2D eigenvalue weighted by Crippen LogP contribution is -2.44. The highest BCUT2D eigenvalue weighted by Crippen LogP contribution is 2.27. The third kappa shape index (κ3) is 3.88. The average molecular weight is 307 g/mol. The van der Waals surface area contributed by atoms with Gasteiger partial charge in [-0.05, 0) is 17.5 Å². The summed E-state index contributed by atoms with van der Waals surface area (Å²) in [7, 11) is 0. The maximum absolute atomic E-state index is 13.0. The van der Waals surface area contributed by atoms with Gasteiger partial charge in [-0.25, -0.2) is 8.78 Å². The van der Waals surface area contributed by atoms with Crippen LogP contribution in [0.15, 0.2) is 24.3 Å². The number of benzene rings is 1. The van der Waals surface area contributed by atoms with Gasteiger partial charge in [0.05, 0.1) is 19.7 Å². The second kappa shape index (κ2) is 6.97. The first-order valence-electron chi connectivity index (χ1n) is 6.08. The normalized spacial score (nSPS) is 17.9. The number of amides is 1. The minimum atomic E-state index is -3.09. The molecule has 0 bridgehead atoms. The lowest BCUT2D eigenvalue weighted by atomic mass is 9.97. The van der Waals surface area contributed by atoms with E-state index < -0.39 is 31.0 Å². The van der Waals surface area contributed by atoms with Crippen LogP contribution in [0.1, 0.15) is 17.2 Å². The molecule has 0 radical (unpaired) electrons. The molecular formula is C13H17ClF2N2O2. The second-order valence-corrected chi connectivity index (χ2v) is 4.48. The number of ether oxygens (including phenoxy) is 1. The quantitative estimate of drug-likeness (QED) is 0.884. The Balaban J connectivity index is 0.00000200. The Labute approximate surface area is 122 Å². The standard InChI is InChI=1S/C13H16F2N2O2.ClH/c14-13(15,7-16)8-17-12(18)11-10-4-2-1-3-9(10)5-6-19-11;/h1-4,11H,5-8,16H2,(H,17,18);1H. The van der Waals surface area contributed by atoms with Gasteiger partial charge in [-0.2, -0.15) is 0 Å². The van der Waals surface area contributed by atoms with Crippen LogP contribution in [0.3, 0.4) is 0 Å². The van der Waals surface area contributed by atoms with Crippen LogP contribution in [0.5, 0.6) is 0 Å². The molecule has 0 aliphatic carbocycles. The minimum Gasteiger partial charge on any atom is -0.363 e. The van der Waals surface area contributed by atoms with Crippen molar-refractivity contribution in [2.45, 2.75) is 18.4 Å². The number of hydrogen-bond acceptors (Lipinski definition) is 3. The smallest absolute Gasteiger partial charge is 0.277 e. The van der Waals surface area contributed by atoms with Gasteiger partial charge in [-0.1, -0.05) is 24.3 Å². The molecule has 0 fully saturated rings. The largest absolute Gasteiger partial charge is 0.363 e. The van der Waals surface area contributed by atoms with E-state index in [-0.39, 0.29) is 12.4 Å². The van der Waals surface area contributed by atoms with E-state index in [1.807, 2.05) is 12.1 Å². The van der Waals surface area contributed by atoms with Gasteiger partial charge in [0.2, 0.25) is 0 Å². The highest BCUT2D eigenvalue weighted by atomic mass is 35.5.